The molecule has 2 atom stereocenters. The highest BCUT2D eigenvalue weighted by atomic mass is 16.3. The van der Waals surface area contributed by atoms with E-state index in [9.17, 15) is 0 Å². The van der Waals surface area contributed by atoms with E-state index in [0.29, 0.717) is 6.04 Å². The van der Waals surface area contributed by atoms with Crippen LogP contribution in [-0.2, 0) is 6.54 Å². The average molecular weight is 235 g/mol. The first-order chi connectivity index (χ1) is 8.38. The molecule has 2 unspecified atom stereocenters. The Bertz CT molecular complexity index is 294. The first-order valence-electron chi connectivity index (χ1n) is 7.13. The van der Waals surface area contributed by atoms with Crippen LogP contribution in [0.3, 0.4) is 0 Å². The summed E-state index contributed by atoms with van der Waals surface area (Å²) in [6, 6.07) is 2.76. The molecule has 2 rings (SSSR count). The number of hydrogen-bond donors (Lipinski definition) is 1. The van der Waals surface area contributed by atoms with E-state index in [2.05, 4.69) is 12.2 Å². The zero-order chi connectivity index (χ0) is 11.9. The molecule has 0 aliphatic heterocycles. The molecule has 1 aliphatic rings. The molecule has 2 heteroatoms. The maximum Gasteiger partial charge on any atom is 0.0947 e. The zero-order valence-corrected chi connectivity index (χ0v) is 11.0. The first kappa shape index (κ1) is 12.7. The van der Waals surface area contributed by atoms with Gasteiger partial charge >= 0.3 is 0 Å². The van der Waals surface area contributed by atoms with Gasteiger partial charge in [-0.3, -0.25) is 0 Å². The minimum absolute atomic E-state index is 0.715. The molecule has 1 fully saturated rings. The summed E-state index contributed by atoms with van der Waals surface area (Å²) < 4.78 is 5.09. The summed E-state index contributed by atoms with van der Waals surface area (Å²) in [5, 5.41) is 3.67. The Kier molecular flexibility index (Phi) is 5.11. The lowest BCUT2D eigenvalue weighted by atomic mass is 9.95. The lowest BCUT2D eigenvalue weighted by Crippen LogP contribution is -2.27. The number of furan rings is 1. The van der Waals surface area contributed by atoms with Gasteiger partial charge < -0.3 is 9.73 Å². The van der Waals surface area contributed by atoms with Crippen LogP contribution in [-0.4, -0.2) is 6.04 Å². The quantitative estimate of drug-likeness (QED) is 0.777. The van der Waals surface area contributed by atoms with E-state index in [1.54, 1.807) is 6.26 Å². The normalized spacial score (nSPS) is 25.7. The summed E-state index contributed by atoms with van der Waals surface area (Å²) in [7, 11) is 0. The van der Waals surface area contributed by atoms with Crippen LogP contribution in [0.25, 0.3) is 0 Å². The van der Waals surface area contributed by atoms with Crippen molar-refractivity contribution in [3.63, 3.8) is 0 Å². The summed E-state index contributed by atoms with van der Waals surface area (Å²) in [4.78, 5) is 0. The SMILES string of the molecule is CCCC1CCCC(NCc2ccoc2)CC1. The van der Waals surface area contributed by atoms with Gasteiger partial charge in [-0.1, -0.05) is 32.6 Å². The lowest BCUT2D eigenvalue weighted by molar-refractivity contribution is 0.409. The Balaban J connectivity index is 1.71. The minimum atomic E-state index is 0.715. The maximum atomic E-state index is 5.09. The van der Waals surface area contributed by atoms with Gasteiger partial charge in [0.25, 0.3) is 0 Å². The summed E-state index contributed by atoms with van der Waals surface area (Å²) in [6.45, 7) is 3.26. The van der Waals surface area contributed by atoms with E-state index < -0.39 is 0 Å². The lowest BCUT2D eigenvalue weighted by Gasteiger charge is -2.16. The Morgan fingerprint density at radius 2 is 2.24 bits per heavy atom. The van der Waals surface area contributed by atoms with Crippen LogP contribution in [0.4, 0.5) is 0 Å². The number of hydrogen-bond acceptors (Lipinski definition) is 2. The van der Waals surface area contributed by atoms with Crippen LogP contribution in [0.5, 0.6) is 0 Å². The van der Waals surface area contributed by atoms with Crippen molar-refractivity contribution in [2.75, 3.05) is 0 Å². The minimum Gasteiger partial charge on any atom is -0.472 e. The van der Waals surface area contributed by atoms with Gasteiger partial charge in [0, 0.05) is 18.2 Å². The van der Waals surface area contributed by atoms with E-state index in [4.69, 9.17) is 4.42 Å². The van der Waals surface area contributed by atoms with Gasteiger partial charge in [-0.2, -0.15) is 0 Å². The van der Waals surface area contributed by atoms with Gasteiger partial charge in [0.05, 0.1) is 12.5 Å². The van der Waals surface area contributed by atoms with Gasteiger partial charge in [0.1, 0.15) is 0 Å². The number of rotatable bonds is 5. The fraction of sp³-hybridized carbons (Fsp3) is 0.733. The smallest absolute Gasteiger partial charge is 0.0947 e. The molecule has 96 valence electrons. The molecular formula is C15H25NO. The average Bonchev–Trinajstić information content (AvgIpc) is 2.75. The fourth-order valence-electron chi connectivity index (χ4n) is 2.93. The van der Waals surface area contributed by atoms with E-state index in [0.717, 1.165) is 12.5 Å². The monoisotopic (exact) mass is 235 g/mol. The largest absolute Gasteiger partial charge is 0.472 e. The van der Waals surface area contributed by atoms with Crippen molar-refractivity contribution in [2.24, 2.45) is 5.92 Å². The molecule has 1 aromatic heterocycles. The van der Waals surface area contributed by atoms with Crippen LogP contribution in [0.15, 0.2) is 23.0 Å². The second-order valence-electron chi connectivity index (χ2n) is 5.37. The Labute approximate surface area is 105 Å². The Morgan fingerprint density at radius 3 is 3.00 bits per heavy atom. The first-order valence-corrected chi connectivity index (χ1v) is 7.13. The highest BCUT2D eigenvalue weighted by Crippen LogP contribution is 2.26. The van der Waals surface area contributed by atoms with Crippen LogP contribution < -0.4 is 5.32 Å². The van der Waals surface area contributed by atoms with Crippen LogP contribution in [0, 0.1) is 5.92 Å². The molecule has 17 heavy (non-hydrogen) atoms. The highest BCUT2D eigenvalue weighted by Gasteiger charge is 2.17. The molecule has 0 spiro atoms. The molecule has 0 amide bonds. The predicted octanol–water partition coefficient (Wildman–Crippen LogP) is 4.12. The molecule has 1 N–H and O–H groups in total. The van der Waals surface area contributed by atoms with Crippen molar-refractivity contribution in [1.29, 1.82) is 0 Å². The third-order valence-corrected chi connectivity index (χ3v) is 3.96. The molecule has 0 saturated heterocycles. The third-order valence-electron chi connectivity index (χ3n) is 3.96. The van der Waals surface area contributed by atoms with Gasteiger partial charge in [-0.15, -0.1) is 0 Å². The third kappa shape index (κ3) is 4.19. The highest BCUT2D eigenvalue weighted by molar-refractivity contribution is 5.04. The van der Waals surface area contributed by atoms with Crippen molar-refractivity contribution in [2.45, 2.75) is 64.5 Å². The summed E-state index contributed by atoms with van der Waals surface area (Å²) in [5.74, 6) is 0.987. The Morgan fingerprint density at radius 1 is 1.29 bits per heavy atom. The second kappa shape index (κ2) is 6.85. The molecule has 1 aliphatic carbocycles. The van der Waals surface area contributed by atoms with E-state index in [1.165, 1.54) is 50.5 Å². The molecule has 0 aromatic carbocycles. The molecule has 1 heterocycles. The van der Waals surface area contributed by atoms with Crippen LogP contribution in [0.1, 0.15) is 57.4 Å². The molecule has 2 nitrogen and oxygen atoms in total. The van der Waals surface area contributed by atoms with E-state index in [-0.39, 0.29) is 0 Å². The van der Waals surface area contributed by atoms with Crippen molar-refractivity contribution in [3.05, 3.63) is 24.2 Å². The summed E-state index contributed by atoms with van der Waals surface area (Å²) in [5.41, 5.74) is 1.26. The van der Waals surface area contributed by atoms with Gasteiger partial charge in [0.15, 0.2) is 0 Å². The zero-order valence-electron chi connectivity index (χ0n) is 11.0. The van der Waals surface area contributed by atoms with Crippen LogP contribution >= 0.6 is 0 Å². The van der Waals surface area contributed by atoms with E-state index >= 15 is 0 Å². The van der Waals surface area contributed by atoms with E-state index in [1.807, 2.05) is 12.3 Å². The van der Waals surface area contributed by atoms with Gasteiger partial charge in [-0.25, -0.2) is 0 Å². The Hall–Kier alpha value is -0.760. The van der Waals surface area contributed by atoms with Crippen molar-refractivity contribution in [3.8, 4) is 0 Å². The van der Waals surface area contributed by atoms with Crippen molar-refractivity contribution >= 4 is 0 Å². The summed E-state index contributed by atoms with van der Waals surface area (Å²) >= 11 is 0. The standard InChI is InChI=1S/C15H25NO/c1-2-4-13-5-3-6-15(8-7-13)16-11-14-9-10-17-12-14/h9-10,12-13,15-16H,2-8,11H2,1H3. The molecular weight excluding hydrogens is 210 g/mol. The van der Waals surface area contributed by atoms with Crippen molar-refractivity contribution < 1.29 is 4.42 Å². The predicted molar refractivity (Wildman–Crippen MR) is 70.8 cm³/mol. The van der Waals surface area contributed by atoms with Gasteiger partial charge in [-0.05, 0) is 31.2 Å². The van der Waals surface area contributed by atoms with Gasteiger partial charge in [0.2, 0.25) is 0 Å². The van der Waals surface area contributed by atoms with Crippen LogP contribution in [0.2, 0.25) is 0 Å². The molecule has 1 saturated carbocycles. The molecule has 0 bridgehead atoms. The molecule has 1 aromatic rings. The topological polar surface area (TPSA) is 25.2 Å². The fourth-order valence-corrected chi connectivity index (χ4v) is 2.93. The number of nitrogens with one attached hydrogen (secondary N) is 1. The van der Waals surface area contributed by atoms with Crippen molar-refractivity contribution in [1.82, 2.24) is 5.32 Å². The molecule has 0 radical (unpaired) electrons. The maximum absolute atomic E-state index is 5.09. The summed E-state index contributed by atoms with van der Waals surface area (Å²) in [6.07, 6.45) is 13.3. The second-order valence-corrected chi connectivity index (χ2v) is 5.37.